The van der Waals surface area contributed by atoms with E-state index in [1.807, 2.05) is 21.6 Å². The van der Waals surface area contributed by atoms with E-state index in [0.717, 1.165) is 35.2 Å². The SMILES string of the molecule is Cc1ccc(C)c(-n2cnnc2SCC(=O)N2CCN(c3ccc(O)cc3)CC2)c1. The first kappa shape index (κ1) is 20.3. The summed E-state index contributed by atoms with van der Waals surface area (Å²) in [6, 6.07) is 13.5. The van der Waals surface area contributed by atoms with E-state index >= 15 is 0 Å². The van der Waals surface area contributed by atoms with Crippen molar-refractivity contribution >= 4 is 23.4 Å². The second-order valence-corrected chi connectivity index (χ2v) is 8.39. The standard InChI is InChI=1S/C22H25N5O2S/c1-16-3-4-17(2)20(13-16)27-15-23-24-22(27)30-14-21(29)26-11-9-25(10-12-26)18-5-7-19(28)8-6-18/h3-8,13,15,28H,9-12,14H2,1-2H3. The predicted octanol–water partition coefficient (Wildman–Crippen LogP) is 3.03. The molecule has 1 N–H and O–H groups in total. The Morgan fingerprint density at radius 2 is 1.80 bits per heavy atom. The molecule has 1 amide bonds. The van der Waals surface area contributed by atoms with Crippen LogP contribution in [-0.2, 0) is 4.79 Å². The molecule has 156 valence electrons. The summed E-state index contributed by atoms with van der Waals surface area (Å²) in [4.78, 5) is 16.9. The van der Waals surface area contributed by atoms with Crippen LogP contribution < -0.4 is 4.90 Å². The molecule has 0 radical (unpaired) electrons. The van der Waals surface area contributed by atoms with E-state index in [1.165, 1.54) is 17.3 Å². The minimum Gasteiger partial charge on any atom is -0.508 e. The van der Waals surface area contributed by atoms with Crippen LogP contribution in [0.4, 0.5) is 5.69 Å². The molecule has 7 nitrogen and oxygen atoms in total. The zero-order valence-corrected chi connectivity index (χ0v) is 18.0. The number of anilines is 1. The summed E-state index contributed by atoms with van der Waals surface area (Å²) in [7, 11) is 0. The van der Waals surface area contributed by atoms with Gasteiger partial charge in [-0.05, 0) is 55.3 Å². The van der Waals surface area contributed by atoms with Gasteiger partial charge in [0, 0.05) is 31.9 Å². The van der Waals surface area contributed by atoms with Gasteiger partial charge in [0.15, 0.2) is 5.16 Å². The average Bonchev–Trinajstić information content (AvgIpc) is 3.23. The lowest BCUT2D eigenvalue weighted by molar-refractivity contribution is -0.128. The molecule has 1 aliphatic rings. The Morgan fingerprint density at radius 3 is 2.53 bits per heavy atom. The summed E-state index contributed by atoms with van der Waals surface area (Å²) in [5.74, 6) is 0.710. The lowest BCUT2D eigenvalue weighted by Gasteiger charge is -2.36. The molecule has 8 heteroatoms. The molecular formula is C22H25N5O2S. The van der Waals surface area contributed by atoms with E-state index in [-0.39, 0.29) is 11.7 Å². The van der Waals surface area contributed by atoms with Gasteiger partial charge in [-0.1, -0.05) is 23.9 Å². The third kappa shape index (κ3) is 4.43. The minimum absolute atomic E-state index is 0.112. The molecule has 1 saturated heterocycles. The maximum Gasteiger partial charge on any atom is 0.233 e. The summed E-state index contributed by atoms with van der Waals surface area (Å²) in [5.41, 5.74) is 4.41. The minimum atomic E-state index is 0.112. The number of hydrogen-bond acceptors (Lipinski definition) is 6. The zero-order valence-electron chi connectivity index (χ0n) is 17.2. The number of thioether (sulfide) groups is 1. The van der Waals surface area contributed by atoms with Crippen LogP contribution in [0.3, 0.4) is 0 Å². The Morgan fingerprint density at radius 1 is 1.07 bits per heavy atom. The van der Waals surface area contributed by atoms with Gasteiger partial charge < -0.3 is 14.9 Å². The largest absolute Gasteiger partial charge is 0.508 e. The maximum absolute atomic E-state index is 12.7. The average molecular weight is 424 g/mol. The van der Waals surface area contributed by atoms with Gasteiger partial charge in [-0.25, -0.2) is 0 Å². The van der Waals surface area contributed by atoms with Crippen molar-refractivity contribution in [1.29, 1.82) is 0 Å². The molecule has 2 aromatic carbocycles. The maximum atomic E-state index is 12.7. The number of hydrogen-bond donors (Lipinski definition) is 1. The lowest BCUT2D eigenvalue weighted by atomic mass is 10.1. The summed E-state index contributed by atoms with van der Waals surface area (Å²) in [5, 5.41) is 18.4. The molecule has 1 aliphatic heterocycles. The van der Waals surface area contributed by atoms with Crippen molar-refractivity contribution < 1.29 is 9.90 Å². The van der Waals surface area contributed by atoms with Gasteiger partial charge in [-0.3, -0.25) is 9.36 Å². The number of nitrogens with zero attached hydrogens (tertiary/aromatic N) is 5. The van der Waals surface area contributed by atoms with Crippen molar-refractivity contribution in [2.45, 2.75) is 19.0 Å². The first-order valence-corrected chi connectivity index (χ1v) is 10.9. The van der Waals surface area contributed by atoms with Crippen LogP contribution >= 0.6 is 11.8 Å². The lowest BCUT2D eigenvalue weighted by Crippen LogP contribution is -2.49. The molecule has 0 saturated carbocycles. The molecule has 0 aliphatic carbocycles. The molecule has 0 spiro atoms. The molecule has 1 fully saturated rings. The van der Waals surface area contributed by atoms with E-state index in [4.69, 9.17) is 0 Å². The van der Waals surface area contributed by atoms with E-state index in [1.54, 1.807) is 18.5 Å². The summed E-state index contributed by atoms with van der Waals surface area (Å²) in [6.07, 6.45) is 1.70. The molecule has 0 atom stereocenters. The van der Waals surface area contributed by atoms with Crippen LogP contribution in [0, 0.1) is 13.8 Å². The molecule has 2 heterocycles. The van der Waals surface area contributed by atoms with Crippen molar-refractivity contribution in [2.75, 3.05) is 36.8 Å². The summed E-state index contributed by atoms with van der Waals surface area (Å²) >= 11 is 1.42. The van der Waals surface area contributed by atoms with Gasteiger partial charge in [0.2, 0.25) is 5.91 Å². The highest BCUT2D eigenvalue weighted by atomic mass is 32.2. The molecule has 0 bridgehead atoms. The highest BCUT2D eigenvalue weighted by Gasteiger charge is 2.22. The number of benzene rings is 2. The number of rotatable bonds is 5. The van der Waals surface area contributed by atoms with Crippen LogP contribution in [-0.4, -0.2) is 62.6 Å². The number of carbonyl (C=O) groups is 1. The Labute approximate surface area is 180 Å². The van der Waals surface area contributed by atoms with Crippen molar-refractivity contribution in [1.82, 2.24) is 19.7 Å². The molecule has 1 aromatic heterocycles. The fourth-order valence-electron chi connectivity index (χ4n) is 3.56. The Kier molecular flexibility index (Phi) is 5.94. The fourth-order valence-corrected chi connectivity index (χ4v) is 4.39. The van der Waals surface area contributed by atoms with Crippen LogP contribution in [0.15, 0.2) is 53.9 Å². The van der Waals surface area contributed by atoms with Gasteiger partial charge in [0.25, 0.3) is 0 Å². The molecular weight excluding hydrogens is 398 g/mol. The Hall–Kier alpha value is -3.00. The smallest absolute Gasteiger partial charge is 0.233 e. The quantitative estimate of drug-likeness (QED) is 0.636. The first-order chi connectivity index (χ1) is 14.5. The van der Waals surface area contributed by atoms with Crippen LogP contribution in [0.1, 0.15) is 11.1 Å². The molecule has 0 unspecified atom stereocenters. The highest BCUT2D eigenvalue weighted by Crippen LogP contribution is 2.24. The van der Waals surface area contributed by atoms with E-state index in [2.05, 4.69) is 47.1 Å². The van der Waals surface area contributed by atoms with Gasteiger partial charge in [0.1, 0.15) is 12.1 Å². The number of aromatic nitrogens is 3. The molecule has 30 heavy (non-hydrogen) atoms. The normalized spacial score (nSPS) is 14.2. The van der Waals surface area contributed by atoms with Gasteiger partial charge >= 0.3 is 0 Å². The van der Waals surface area contributed by atoms with Crippen molar-refractivity contribution in [2.24, 2.45) is 0 Å². The highest BCUT2D eigenvalue weighted by molar-refractivity contribution is 7.99. The zero-order chi connectivity index (χ0) is 21.1. The second-order valence-electron chi connectivity index (χ2n) is 7.45. The Balaban J connectivity index is 1.35. The topological polar surface area (TPSA) is 74.5 Å². The van der Waals surface area contributed by atoms with Crippen LogP contribution in [0.5, 0.6) is 5.75 Å². The van der Waals surface area contributed by atoms with Crippen LogP contribution in [0.2, 0.25) is 0 Å². The number of carbonyl (C=O) groups excluding carboxylic acids is 1. The van der Waals surface area contributed by atoms with Gasteiger partial charge in [0.05, 0.1) is 11.4 Å². The number of piperazine rings is 1. The van der Waals surface area contributed by atoms with Crippen LogP contribution in [0.25, 0.3) is 5.69 Å². The predicted molar refractivity (Wildman–Crippen MR) is 118 cm³/mol. The molecule has 3 aromatic rings. The third-order valence-electron chi connectivity index (χ3n) is 5.31. The number of amides is 1. The molecule has 4 rings (SSSR count). The van der Waals surface area contributed by atoms with Crippen molar-refractivity contribution in [3.8, 4) is 11.4 Å². The second kappa shape index (κ2) is 8.79. The third-order valence-corrected chi connectivity index (χ3v) is 6.24. The Bertz CT molecular complexity index is 1030. The van der Waals surface area contributed by atoms with Crippen molar-refractivity contribution in [3.63, 3.8) is 0 Å². The monoisotopic (exact) mass is 423 g/mol. The van der Waals surface area contributed by atoms with Gasteiger partial charge in [-0.15, -0.1) is 10.2 Å². The summed E-state index contributed by atoms with van der Waals surface area (Å²) < 4.78 is 1.95. The van der Waals surface area contributed by atoms with E-state index < -0.39 is 0 Å². The van der Waals surface area contributed by atoms with E-state index in [0.29, 0.717) is 18.8 Å². The van der Waals surface area contributed by atoms with Crippen molar-refractivity contribution in [3.05, 3.63) is 59.9 Å². The summed E-state index contributed by atoms with van der Waals surface area (Å²) in [6.45, 7) is 7.04. The number of aryl methyl sites for hydroxylation is 2. The van der Waals surface area contributed by atoms with Gasteiger partial charge in [-0.2, -0.15) is 0 Å². The number of phenols is 1. The number of aromatic hydroxyl groups is 1. The number of phenolic OH excluding ortho intramolecular Hbond substituents is 1. The van der Waals surface area contributed by atoms with E-state index in [9.17, 15) is 9.90 Å². The first-order valence-electron chi connectivity index (χ1n) is 9.93. The fraction of sp³-hybridized carbons (Fsp3) is 0.318.